The molecule has 0 aromatic heterocycles. The van der Waals surface area contributed by atoms with E-state index in [0.717, 1.165) is 5.06 Å². The molecule has 0 heterocycles. The van der Waals surface area contributed by atoms with Crippen LogP contribution in [0.1, 0.15) is 19.3 Å². The van der Waals surface area contributed by atoms with Gasteiger partial charge in [-0.25, -0.2) is 5.06 Å². The van der Waals surface area contributed by atoms with Gasteiger partial charge in [0.1, 0.15) is 4.99 Å². The van der Waals surface area contributed by atoms with Crippen molar-refractivity contribution < 1.29 is 25.0 Å². The van der Waals surface area contributed by atoms with Crippen molar-refractivity contribution in [1.82, 2.24) is 0 Å². The molecule has 1 atom stereocenters. The Balaban J connectivity index is 2.66. The number of anilines is 1. The number of thiocarbonyl (C=S) groups is 1. The number of carboxylic acids is 2. The molecular formula is C13H15NO5S. The van der Waals surface area contributed by atoms with E-state index in [1.54, 1.807) is 30.3 Å². The fourth-order valence-electron chi connectivity index (χ4n) is 1.62. The number of carboxylic acid groups (broad SMARTS) is 2. The maximum atomic E-state index is 11.1. The average Bonchev–Trinajstić information content (AvgIpc) is 2.42. The number of para-hydroxylation sites is 1. The van der Waals surface area contributed by atoms with Crippen LogP contribution in [0, 0.1) is 5.92 Å². The van der Waals surface area contributed by atoms with Gasteiger partial charge < -0.3 is 10.2 Å². The van der Waals surface area contributed by atoms with E-state index in [9.17, 15) is 14.8 Å². The largest absolute Gasteiger partial charge is 0.481 e. The van der Waals surface area contributed by atoms with Gasteiger partial charge >= 0.3 is 11.9 Å². The highest BCUT2D eigenvalue weighted by molar-refractivity contribution is 7.80. The van der Waals surface area contributed by atoms with Gasteiger partial charge in [0.15, 0.2) is 0 Å². The van der Waals surface area contributed by atoms with Crippen molar-refractivity contribution in [3.05, 3.63) is 30.3 Å². The quantitative estimate of drug-likeness (QED) is 0.524. The Hall–Kier alpha value is -1.99. The molecule has 0 aliphatic heterocycles. The van der Waals surface area contributed by atoms with Gasteiger partial charge in [-0.15, -0.1) is 0 Å². The van der Waals surface area contributed by atoms with E-state index in [1.165, 1.54) is 0 Å². The van der Waals surface area contributed by atoms with Gasteiger partial charge in [0.05, 0.1) is 11.6 Å². The molecule has 0 saturated heterocycles. The average molecular weight is 297 g/mol. The molecule has 0 spiro atoms. The van der Waals surface area contributed by atoms with Gasteiger partial charge in [-0.2, -0.15) is 0 Å². The predicted molar refractivity (Wildman–Crippen MR) is 75.9 cm³/mol. The van der Waals surface area contributed by atoms with Crippen LogP contribution in [-0.4, -0.2) is 32.3 Å². The summed E-state index contributed by atoms with van der Waals surface area (Å²) in [5.41, 5.74) is 0.430. The molecule has 0 amide bonds. The normalized spacial score (nSPS) is 11.7. The van der Waals surface area contributed by atoms with E-state index in [2.05, 4.69) is 0 Å². The minimum atomic E-state index is -1.13. The lowest BCUT2D eigenvalue weighted by Crippen LogP contribution is -2.29. The molecule has 1 aromatic rings. The van der Waals surface area contributed by atoms with E-state index >= 15 is 0 Å². The second-order valence-electron chi connectivity index (χ2n) is 4.21. The molecule has 1 aromatic carbocycles. The smallest absolute Gasteiger partial charge is 0.306 e. The van der Waals surface area contributed by atoms with E-state index in [0.29, 0.717) is 5.69 Å². The van der Waals surface area contributed by atoms with E-state index in [1.807, 2.05) is 0 Å². The van der Waals surface area contributed by atoms with Crippen LogP contribution in [0.4, 0.5) is 5.69 Å². The maximum absolute atomic E-state index is 11.1. The molecule has 0 aliphatic rings. The maximum Gasteiger partial charge on any atom is 0.306 e. The number of hydroxylamine groups is 1. The first-order valence-electron chi connectivity index (χ1n) is 5.93. The summed E-state index contributed by atoms with van der Waals surface area (Å²) in [7, 11) is 0. The first-order valence-corrected chi connectivity index (χ1v) is 6.34. The Kier molecular flexibility index (Phi) is 6.08. The van der Waals surface area contributed by atoms with Gasteiger partial charge in [-0.05, 0) is 18.6 Å². The zero-order valence-corrected chi connectivity index (χ0v) is 11.4. The number of hydrogen-bond acceptors (Lipinski definition) is 4. The van der Waals surface area contributed by atoms with Crippen molar-refractivity contribution in [2.24, 2.45) is 5.92 Å². The SMILES string of the molecule is O=C(O)CCC(CC(=S)N(O)c1ccccc1)C(=O)O. The van der Waals surface area contributed by atoms with Crippen LogP contribution in [0.2, 0.25) is 0 Å². The number of nitrogens with zero attached hydrogens (tertiary/aromatic N) is 1. The molecule has 1 rings (SSSR count). The standard InChI is InChI=1S/C13H15NO5S/c15-12(16)7-6-9(13(17)18)8-11(20)14(19)10-4-2-1-3-5-10/h1-5,9,19H,6-8H2,(H,15,16)(H,17,18). The summed E-state index contributed by atoms with van der Waals surface area (Å²) in [6.07, 6.45) is -0.382. The van der Waals surface area contributed by atoms with Gasteiger partial charge in [-0.1, -0.05) is 30.4 Å². The number of rotatable bonds is 7. The van der Waals surface area contributed by atoms with Crippen LogP contribution in [0.5, 0.6) is 0 Å². The van der Waals surface area contributed by atoms with Gasteiger partial charge in [0.2, 0.25) is 0 Å². The third kappa shape index (κ3) is 4.94. The number of aliphatic carboxylic acids is 2. The first kappa shape index (κ1) is 16.1. The second kappa shape index (κ2) is 7.56. The molecule has 6 nitrogen and oxygen atoms in total. The summed E-state index contributed by atoms with van der Waals surface area (Å²) < 4.78 is 0. The molecule has 0 saturated carbocycles. The van der Waals surface area contributed by atoms with E-state index in [4.69, 9.17) is 22.4 Å². The van der Waals surface area contributed by atoms with Crippen LogP contribution >= 0.6 is 12.2 Å². The van der Waals surface area contributed by atoms with Crippen LogP contribution in [0.25, 0.3) is 0 Å². The fourth-order valence-corrected chi connectivity index (χ4v) is 1.93. The molecule has 7 heteroatoms. The highest BCUT2D eigenvalue weighted by atomic mass is 32.1. The molecule has 20 heavy (non-hydrogen) atoms. The third-order valence-corrected chi connectivity index (χ3v) is 3.05. The Bertz CT molecular complexity index is 491. The second-order valence-corrected chi connectivity index (χ2v) is 4.68. The lowest BCUT2D eigenvalue weighted by molar-refractivity contribution is -0.142. The summed E-state index contributed by atoms with van der Waals surface area (Å²) in [4.78, 5) is 21.6. The Morgan fingerprint density at radius 1 is 1.20 bits per heavy atom. The zero-order valence-electron chi connectivity index (χ0n) is 10.6. The Labute approximate surface area is 121 Å². The lowest BCUT2D eigenvalue weighted by atomic mass is 9.99. The first-order chi connectivity index (χ1) is 9.41. The van der Waals surface area contributed by atoms with Crippen LogP contribution in [0.15, 0.2) is 30.3 Å². The fraction of sp³-hybridized carbons (Fsp3) is 0.308. The van der Waals surface area contributed by atoms with Crippen molar-refractivity contribution in [3.63, 3.8) is 0 Å². The Morgan fingerprint density at radius 3 is 2.30 bits per heavy atom. The molecule has 0 bridgehead atoms. The minimum absolute atomic E-state index is 0.0343. The molecule has 0 aliphatic carbocycles. The highest BCUT2D eigenvalue weighted by Crippen LogP contribution is 2.18. The number of benzene rings is 1. The van der Waals surface area contributed by atoms with Gasteiger partial charge in [-0.3, -0.25) is 14.8 Å². The zero-order chi connectivity index (χ0) is 15.1. The topological polar surface area (TPSA) is 98.1 Å². The molecule has 3 N–H and O–H groups in total. The van der Waals surface area contributed by atoms with Crippen LogP contribution < -0.4 is 5.06 Å². The van der Waals surface area contributed by atoms with Crippen molar-refractivity contribution in [3.8, 4) is 0 Å². The minimum Gasteiger partial charge on any atom is -0.481 e. The van der Waals surface area contributed by atoms with Crippen molar-refractivity contribution in [2.75, 3.05) is 5.06 Å². The Morgan fingerprint density at radius 2 is 1.80 bits per heavy atom. The molecule has 108 valence electrons. The van der Waals surface area contributed by atoms with Crippen molar-refractivity contribution in [1.29, 1.82) is 0 Å². The van der Waals surface area contributed by atoms with Crippen molar-refractivity contribution in [2.45, 2.75) is 19.3 Å². The number of carbonyl (C=O) groups is 2. The van der Waals surface area contributed by atoms with Crippen LogP contribution in [0.3, 0.4) is 0 Å². The van der Waals surface area contributed by atoms with Crippen molar-refractivity contribution >= 4 is 34.8 Å². The lowest BCUT2D eigenvalue weighted by Gasteiger charge is -2.20. The predicted octanol–water partition coefficient (Wildman–Crippen LogP) is 2.17. The summed E-state index contributed by atoms with van der Waals surface area (Å²) in [6.45, 7) is 0. The molecular weight excluding hydrogens is 282 g/mol. The molecule has 0 radical (unpaired) electrons. The monoisotopic (exact) mass is 297 g/mol. The van der Waals surface area contributed by atoms with Gasteiger partial charge in [0.25, 0.3) is 0 Å². The summed E-state index contributed by atoms with van der Waals surface area (Å²) in [5, 5.41) is 28.2. The van der Waals surface area contributed by atoms with E-state index in [-0.39, 0.29) is 24.3 Å². The van der Waals surface area contributed by atoms with Gasteiger partial charge in [0, 0.05) is 12.8 Å². The van der Waals surface area contributed by atoms with E-state index < -0.39 is 17.9 Å². The van der Waals surface area contributed by atoms with Crippen LogP contribution in [-0.2, 0) is 9.59 Å². The summed E-state index contributed by atoms with van der Waals surface area (Å²) >= 11 is 5.00. The third-order valence-electron chi connectivity index (χ3n) is 2.71. The molecule has 1 unspecified atom stereocenters. The summed E-state index contributed by atoms with van der Waals surface area (Å²) in [6, 6.07) is 8.44. The molecule has 0 fully saturated rings. The number of hydrogen-bond donors (Lipinski definition) is 3. The summed E-state index contributed by atoms with van der Waals surface area (Å²) in [5.74, 6) is -3.13. The highest BCUT2D eigenvalue weighted by Gasteiger charge is 2.23.